The van der Waals surface area contributed by atoms with Crippen LogP contribution in [-0.4, -0.2) is 18.0 Å². The van der Waals surface area contributed by atoms with Gasteiger partial charge in [-0.1, -0.05) is 12.1 Å². The summed E-state index contributed by atoms with van der Waals surface area (Å²) >= 11 is 0. The molecule has 0 aliphatic rings. The highest BCUT2D eigenvalue weighted by molar-refractivity contribution is 7.89. The highest BCUT2D eigenvalue weighted by atomic mass is 32.2. The first kappa shape index (κ1) is 21.8. The molecule has 0 fully saturated rings. The number of halogens is 3. The molecule has 1 atom stereocenters. The second-order valence-corrected chi connectivity index (χ2v) is 8.60. The molecule has 0 aliphatic carbocycles. The molecule has 0 aliphatic heterocycles. The average molecular weight is 438 g/mol. The van der Waals surface area contributed by atoms with E-state index in [1.165, 1.54) is 18.2 Å². The van der Waals surface area contributed by atoms with Crippen molar-refractivity contribution in [1.82, 2.24) is 9.55 Å². The quantitative estimate of drug-likeness (QED) is 0.624. The highest BCUT2D eigenvalue weighted by Crippen LogP contribution is 2.36. The zero-order chi connectivity index (χ0) is 22.3. The summed E-state index contributed by atoms with van der Waals surface area (Å²) in [6, 6.07) is 7.51. The van der Waals surface area contributed by atoms with Crippen LogP contribution in [0.3, 0.4) is 0 Å². The number of benzene rings is 2. The molecule has 160 valence electrons. The largest absolute Gasteiger partial charge is 0.416 e. The number of rotatable bonds is 5. The number of primary sulfonamides is 1. The summed E-state index contributed by atoms with van der Waals surface area (Å²) in [4.78, 5) is 4.29. The van der Waals surface area contributed by atoms with E-state index in [4.69, 9.17) is 5.14 Å². The van der Waals surface area contributed by atoms with Gasteiger partial charge in [0.05, 0.1) is 22.5 Å². The van der Waals surface area contributed by atoms with E-state index in [1.54, 1.807) is 44.1 Å². The van der Waals surface area contributed by atoms with E-state index < -0.39 is 21.8 Å². The molecule has 1 heterocycles. The molecule has 0 spiro atoms. The van der Waals surface area contributed by atoms with Crippen LogP contribution in [0.1, 0.15) is 29.7 Å². The molecule has 0 bridgehead atoms. The molecule has 0 saturated carbocycles. The number of hydrogen-bond acceptors (Lipinski definition) is 4. The van der Waals surface area contributed by atoms with Crippen molar-refractivity contribution in [2.45, 2.75) is 31.0 Å². The molecule has 0 saturated heterocycles. The predicted molar refractivity (Wildman–Crippen MR) is 108 cm³/mol. The Morgan fingerprint density at radius 3 is 2.27 bits per heavy atom. The third-order valence-electron chi connectivity index (χ3n) is 4.79. The molecular formula is C20H21F3N4O2S. The SMILES string of the molecule is Cc1c(S(N)(=O)=O)ccc(N[C@H](C)c2ccc(C(F)(F)F)cc2)c1-c1cn(C)cn1. The van der Waals surface area contributed by atoms with Crippen molar-refractivity contribution >= 4 is 15.7 Å². The Morgan fingerprint density at radius 2 is 1.77 bits per heavy atom. The Labute approximate surface area is 172 Å². The fourth-order valence-electron chi connectivity index (χ4n) is 3.27. The third-order valence-corrected chi connectivity index (χ3v) is 5.85. The number of sulfonamides is 1. The van der Waals surface area contributed by atoms with E-state index in [2.05, 4.69) is 10.3 Å². The van der Waals surface area contributed by atoms with Gasteiger partial charge in [-0.3, -0.25) is 0 Å². The Balaban J connectivity index is 2.02. The maximum Gasteiger partial charge on any atom is 0.416 e. The van der Waals surface area contributed by atoms with Crippen molar-refractivity contribution in [3.05, 3.63) is 65.6 Å². The molecule has 3 aromatic rings. The van der Waals surface area contributed by atoms with E-state index in [-0.39, 0.29) is 10.9 Å². The van der Waals surface area contributed by atoms with Crippen LogP contribution < -0.4 is 10.5 Å². The molecule has 2 aromatic carbocycles. The standard InChI is InChI=1S/C20H21F3N4O2S/c1-12-18(30(24,28)29)9-8-16(19(12)17-10-27(3)11-25-17)26-13(2)14-4-6-15(7-5-14)20(21,22)23/h4-11,13,26H,1-3H3,(H2,24,28,29)/t13-/m1/s1. The van der Waals surface area contributed by atoms with Gasteiger partial charge in [-0.05, 0) is 49.2 Å². The van der Waals surface area contributed by atoms with Gasteiger partial charge in [-0.15, -0.1) is 0 Å². The second-order valence-electron chi connectivity index (χ2n) is 7.07. The van der Waals surface area contributed by atoms with Crippen LogP contribution in [0, 0.1) is 6.92 Å². The monoisotopic (exact) mass is 438 g/mol. The topological polar surface area (TPSA) is 90.0 Å². The molecule has 3 N–H and O–H groups in total. The van der Waals surface area contributed by atoms with Crippen LogP contribution in [0.2, 0.25) is 0 Å². The first-order valence-electron chi connectivity index (χ1n) is 8.96. The van der Waals surface area contributed by atoms with Gasteiger partial charge in [0.25, 0.3) is 0 Å². The van der Waals surface area contributed by atoms with E-state index >= 15 is 0 Å². The zero-order valence-electron chi connectivity index (χ0n) is 16.5. The summed E-state index contributed by atoms with van der Waals surface area (Å²) in [6.45, 7) is 3.44. The minimum atomic E-state index is -4.40. The first-order chi connectivity index (χ1) is 13.9. The smallest absolute Gasteiger partial charge is 0.378 e. The van der Waals surface area contributed by atoms with Gasteiger partial charge in [0.15, 0.2) is 0 Å². The second kappa shape index (κ2) is 7.77. The number of alkyl halides is 3. The molecule has 0 amide bonds. The van der Waals surface area contributed by atoms with Crippen LogP contribution in [0.4, 0.5) is 18.9 Å². The minimum absolute atomic E-state index is 0.0177. The number of imidazole rings is 1. The summed E-state index contributed by atoms with van der Waals surface area (Å²) < 4.78 is 64.0. The van der Waals surface area contributed by atoms with Gasteiger partial charge in [-0.2, -0.15) is 13.2 Å². The van der Waals surface area contributed by atoms with Crippen LogP contribution in [-0.2, 0) is 23.2 Å². The minimum Gasteiger partial charge on any atom is -0.378 e. The van der Waals surface area contributed by atoms with Gasteiger partial charge in [0.2, 0.25) is 10.0 Å². The highest BCUT2D eigenvalue weighted by Gasteiger charge is 2.30. The van der Waals surface area contributed by atoms with Gasteiger partial charge in [0, 0.05) is 30.5 Å². The van der Waals surface area contributed by atoms with Crippen LogP contribution in [0.25, 0.3) is 11.3 Å². The van der Waals surface area contributed by atoms with E-state index in [1.807, 2.05) is 0 Å². The Morgan fingerprint density at radius 1 is 1.13 bits per heavy atom. The van der Waals surface area contributed by atoms with Crippen molar-refractivity contribution < 1.29 is 21.6 Å². The maximum atomic E-state index is 12.8. The summed E-state index contributed by atoms with van der Waals surface area (Å²) in [5, 5.41) is 8.58. The fourth-order valence-corrected chi connectivity index (χ4v) is 4.06. The summed E-state index contributed by atoms with van der Waals surface area (Å²) in [6.07, 6.45) is -1.08. The Bertz CT molecular complexity index is 1170. The van der Waals surface area contributed by atoms with Gasteiger partial charge in [0.1, 0.15) is 0 Å². The van der Waals surface area contributed by atoms with Crippen molar-refractivity contribution in [1.29, 1.82) is 0 Å². The maximum absolute atomic E-state index is 12.8. The normalized spacial score (nSPS) is 13.3. The molecule has 0 radical (unpaired) electrons. The van der Waals surface area contributed by atoms with Crippen LogP contribution >= 0.6 is 0 Å². The molecule has 1 aromatic heterocycles. The number of anilines is 1. The number of aromatic nitrogens is 2. The Hall–Kier alpha value is -2.85. The van der Waals surface area contributed by atoms with Crippen molar-refractivity contribution in [2.24, 2.45) is 12.2 Å². The molecule has 30 heavy (non-hydrogen) atoms. The lowest BCUT2D eigenvalue weighted by Crippen LogP contribution is -2.15. The number of aryl methyl sites for hydroxylation is 1. The first-order valence-corrected chi connectivity index (χ1v) is 10.5. The number of nitrogens with one attached hydrogen (secondary N) is 1. The van der Waals surface area contributed by atoms with Gasteiger partial charge >= 0.3 is 6.18 Å². The molecular weight excluding hydrogens is 417 g/mol. The van der Waals surface area contributed by atoms with E-state index in [0.29, 0.717) is 28.1 Å². The lowest BCUT2D eigenvalue weighted by atomic mass is 10.0. The summed E-state index contributed by atoms with van der Waals surface area (Å²) in [5.41, 5.74) is 2.04. The summed E-state index contributed by atoms with van der Waals surface area (Å²) in [5.74, 6) is 0. The predicted octanol–water partition coefficient (Wildman–Crippen LogP) is 4.23. The molecule has 3 rings (SSSR count). The third kappa shape index (κ3) is 4.49. The molecule has 6 nitrogen and oxygen atoms in total. The Kier molecular flexibility index (Phi) is 5.66. The van der Waals surface area contributed by atoms with Gasteiger partial charge < -0.3 is 9.88 Å². The lowest BCUT2D eigenvalue weighted by Gasteiger charge is -2.21. The van der Waals surface area contributed by atoms with Crippen LogP contribution in [0.15, 0.2) is 53.8 Å². The zero-order valence-corrected chi connectivity index (χ0v) is 17.3. The molecule has 10 heteroatoms. The molecule has 0 unspecified atom stereocenters. The van der Waals surface area contributed by atoms with E-state index in [0.717, 1.165) is 12.1 Å². The van der Waals surface area contributed by atoms with Crippen molar-refractivity contribution in [3.63, 3.8) is 0 Å². The van der Waals surface area contributed by atoms with Crippen molar-refractivity contribution in [2.75, 3.05) is 5.32 Å². The number of nitrogens with two attached hydrogens (primary N) is 1. The van der Waals surface area contributed by atoms with Crippen LogP contribution in [0.5, 0.6) is 0 Å². The lowest BCUT2D eigenvalue weighted by molar-refractivity contribution is -0.137. The fraction of sp³-hybridized carbons (Fsp3) is 0.250. The van der Waals surface area contributed by atoms with E-state index in [9.17, 15) is 21.6 Å². The van der Waals surface area contributed by atoms with Crippen molar-refractivity contribution in [3.8, 4) is 11.3 Å². The summed E-state index contributed by atoms with van der Waals surface area (Å²) in [7, 11) is -2.16. The average Bonchev–Trinajstić information content (AvgIpc) is 3.06. The number of hydrogen-bond donors (Lipinski definition) is 2. The van der Waals surface area contributed by atoms with Gasteiger partial charge in [-0.25, -0.2) is 18.5 Å². The number of nitrogens with zero attached hydrogens (tertiary/aromatic N) is 2.